The van der Waals surface area contributed by atoms with Crippen LogP contribution in [0.5, 0.6) is 0 Å². The average Bonchev–Trinajstić information content (AvgIpc) is 3.67. The first-order valence-corrected chi connectivity index (χ1v) is 26.5. The number of nitrogens with one attached hydrogen (secondary N) is 1. The fourth-order valence-electron chi connectivity index (χ4n) is 12.8. The smallest absolute Gasteiger partial charge is 0.459 e. The van der Waals surface area contributed by atoms with Crippen molar-refractivity contribution in [1.82, 2.24) is 5.32 Å². The molecule has 0 bridgehead atoms. The highest BCUT2D eigenvalue weighted by Crippen LogP contribution is 2.69. The van der Waals surface area contributed by atoms with Gasteiger partial charge in [0.25, 0.3) is 11.6 Å². The summed E-state index contributed by atoms with van der Waals surface area (Å²) < 4.78 is 109. The molecule has 6 rings (SSSR count). The molecule has 4 fully saturated rings. The van der Waals surface area contributed by atoms with Crippen LogP contribution in [0, 0.1) is 46.3 Å². The molecule has 0 aromatic heterocycles. The highest BCUT2D eigenvalue weighted by molar-refractivity contribution is 6.60. The van der Waals surface area contributed by atoms with Gasteiger partial charge in [-0.25, -0.2) is 9.59 Å². The van der Waals surface area contributed by atoms with E-state index in [9.17, 15) is 50.3 Å². The molecule has 2 aromatic rings. The van der Waals surface area contributed by atoms with Crippen LogP contribution in [0.4, 0.5) is 26.3 Å². The van der Waals surface area contributed by atoms with E-state index in [0.29, 0.717) is 77.4 Å². The van der Waals surface area contributed by atoms with Gasteiger partial charge in [-0.1, -0.05) is 45.0 Å². The van der Waals surface area contributed by atoms with Crippen molar-refractivity contribution in [2.75, 3.05) is 26.4 Å². The monoisotopic (exact) mass is 995 g/mol. The Labute approximate surface area is 401 Å². The van der Waals surface area contributed by atoms with Gasteiger partial charge in [-0.3, -0.25) is 14.4 Å². The Morgan fingerprint density at radius 1 is 0.696 bits per heavy atom. The number of hydrogen-bond donors (Lipinski definition) is 1. The van der Waals surface area contributed by atoms with E-state index in [1.54, 1.807) is 0 Å². The molecule has 0 unspecified atom stereocenters. The molecule has 1 N–H and O–H groups in total. The number of esters is 2. The number of amides is 1. The van der Waals surface area contributed by atoms with E-state index >= 15 is 0 Å². The number of carbonyl (C=O) groups excluding carboxylic acids is 5. The zero-order valence-electron chi connectivity index (χ0n) is 40.4. The first-order chi connectivity index (χ1) is 32.5. The van der Waals surface area contributed by atoms with Crippen LogP contribution in [-0.4, -0.2) is 89.1 Å². The lowest BCUT2D eigenvalue weighted by atomic mass is 9.43. The van der Waals surface area contributed by atoms with Gasteiger partial charge in [0.15, 0.2) is 0 Å². The molecule has 0 aliphatic heterocycles. The van der Waals surface area contributed by atoms with E-state index < -0.39 is 73.4 Å². The van der Waals surface area contributed by atoms with Gasteiger partial charge in [-0.15, -0.1) is 0 Å². The van der Waals surface area contributed by atoms with Crippen molar-refractivity contribution in [3.05, 3.63) is 70.8 Å². The maximum atomic E-state index is 14.1. The largest absolute Gasteiger partial charge is 0.500 e. The number of halogens is 6. The van der Waals surface area contributed by atoms with Gasteiger partial charge in [-0.05, 0) is 150 Å². The van der Waals surface area contributed by atoms with E-state index in [-0.39, 0.29) is 58.0 Å². The number of carbonyl (C=O) groups is 5. The van der Waals surface area contributed by atoms with Crippen molar-refractivity contribution in [2.45, 2.75) is 143 Å². The van der Waals surface area contributed by atoms with E-state index in [0.717, 1.165) is 62.1 Å². The molecule has 1 amide bonds. The van der Waals surface area contributed by atoms with Crippen molar-refractivity contribution in [2.24, 2.45) is 46.3 Å². The molecule has 18 heteroatoms. The zero-order valence-corrected chi connectivity index (χ0v) is 41.4. The van der Waals surface area contributed by atoms with Gasteiger partial charge in [0.05, 0.1) is 11.1 Å². The lowest BCUT2D eigenvalue weighted by Crippen LogP contribution is -2.59. The van der Waals surface area contributed by atoms with Crippen LogP contribution in [0.1, 0.15) is 154 Å². The molecule has 10 atom stereocenters. The van der Waals surface area contributed by atoms with Crippen LogP contribution in [0.2, 0.25) is 6.04 Å². The summed E-state index contributed by atoms with van der Waals surface area (Å²) in [7, 11) is -2.85. The minimum Gasteiger partial charge on any atom is -0.459 e. The van der Waals surface area contributed by atoms with E-state index in [2.05, 4.69) is 26.1 Å². The number of benzene rings is 2. The second-order valence-electron chi connectivity index (χ2n) is 19.9. The molecule has 0 radical (unpaired) electrons. The SMILES string of the molecule is CCO[Si](CCCNC(=O)CC[C@@H](C)[C@H]1CC[C@H]2[C@@H]3CC[C@@H]4C[C@H](OC(=O)c5ccc(C(=O)C(F)(F)F)cc5)CC[C@]4(C)[C@H]3C[C@H](OC(=O)c3ccc(C(=O)C(F)(F)F)cc3)[C@]12C)(OCC)OCC. The van der Waals surface area contributed by atoms with Crippen molar-refractivity contribution in [1.29, 1.82) is 0 Å². The third-order valence-electron chi connectivity index (χ3n) is 16.2. The highest BCUT2D eigenvalue weighted by atomic mass is 28.4. The molecular formula is C51H67F6NO10Si. The van der Waals surface area contributed by atoms with Crippen LogP contribution >= 0.6 is 0 Å². The van der Waals surface area contributed by atoms with E-state index in [4.69, 9.17) is 22.8 Å². The Morgan fingerprint density at radius 3 is 1.74 bits per heavy atom. The summed E-state index contributed by atoms with van der Waals surface area (Å²) in [4.78, 5) is 64.2. The summed E-state index contributed by atoms with van der Waals surface area (Å²) in [6, 6.07) is 9.15. The summed E-state index contributed by atoms with van der Waals surface area (Å²) in [5, 5.41) is 3.06. The van der Waals surface area contributed by atoms with E-state index in [1.807, 2.05) is 20.8 Å². The topological polar surface area (TPSA) is 144 Å². The summed E-state index contributed by atoms with van der Waals surface area (Å²) >= 11 is 0. The molecular weight excluding hydrogens is 929 g/mol. The minimum atomic E-state index is -5.07. The number of fused-ring (bicyclic) bond motifs is 5. The lowest BCUT2D eigenvalue weighted by molar-refractivity contribution is -0.176. The maximum Gasteiger partial charge on any atom is 0.500 e. The van der Waals surface area contributed by atoms with Crippen molar-refractivity contribution < 1.29 is 73.1 Å². The molecule has 4 saturated carbocycles. The quantitative estimate of drug-likeness (QED) is 0.0448. The highest BCUT2D eigenvalue weighted by Gasteiger charge is 2.65. The van der Waals surface area contributed by atoms with Crippen molar-refractivity contribution >= 4 is 38.2 Å². The Bertz CT molecular complexity index is 2120. The Balaban J connectivity index is 1.16. The van der Waals surface area contributed by atoms with Crippen molar-refractivity contribution in [3.63, 3.8) is 0 Å². The fourth-order valence-corrected chi connectivity index (χ4v) is 15.5. The number of Topliss-reactive ketones (excluding diaryl/α,β-unsaturated/α-hetero) is 2. The molecule has 0 saturated heterocycles. The predicted molar refractivity (Wildman–Crippen MR) is 244 cm³/mol. The number of ketones is 2. The molecule has 4 aliphatic rings. The molecule has 69 heavy (non-hydrogen) atoms. The second-order valence-corrected chi connectivity index (χ2v) is 22.6. The summed E-state index contributed by atoms with van der Waals surface area (Å²) in [6.45, 7) is 14.1. The van der Waals surface area contributed by atoms with Crippen LogP contribution < -0.4 is 5.32 Å². The average molecular weight is 996 g/mol. The number of ether oxygens (including phenoxy) is 2. The third-order valence-corrected chi connectivity index (χ3v) is 19.3. The Kier molecular flexibility index (Phi) is 17.4. The van der Waals surface area contributed by atoms with Crippen molar-refractivity contribution in [3.8, 4) is 0 Å². The summed E-state index contributed by atoms with van der Waals surface area (Å²) in [5.74, 6) is -4.61. The molecule has 2 aromatic carbocycles. The molecule has 382 valence electrons. The van der Waals surface area contributed by atoms with Gasteiger partial charge in [-0.2, -0.15) is 26.3 Å². The van der Waals surface area contributed by atoms with Crippen LogP contribution in [0.3, 0.4) is 0 Å². The van der Waals surface area contributed by atoms with Gasteiger partial charge in [0.2, 0.25) is 5.91 Å². The zero-order chi connectivity index (χ0) is 50.5. The predicted octanol–water partition coefficient (Wildman–Crippen LogP) is 11.2. The van der Waals surface area contributed by atoms with Crippen LogP contribution in [0.15, 0.2) is 48.5 Å². The minimum absolute atomic E-state index is 0.0237. The molecule has 0 heterocycles. The van der Waals surface area contributed by atoms with E-state index in [1.165, 1.54) is 12.1 Å². The standard InChI is InChI=1S/C51H67F6NO10Si/c1-7-64-69(65-8-2,66-9-3)28-10-27-58-43(59)24-11-31(4)39-22-23-40-38-21-20-36-29-37(67-46(62)34-16-12-32(13-17-34)44(60)50(52,53)54)25-26-48(36,5)41(38)30-42(49(39,40)6)68-47(63)35-18-14-33(15-19-35)45(61)51(55,56)57/h12-19,31,36-42H,7-11,20-30H2,1-6H3,(H,58,59)/t31-,36-,37-,38+,39-,40+,41+,42+,48+,49-/m1/s1. The molecule has 0 spiro atoms. The molecule has 4 aliphatic carbocycles. The lowest BCUT2D eigenvalue weighted by Gasteiger charge is -2.62. The normalized spacial score (nSPS) is 28.4. The second kappa shape index (κ2) is 22.1. The number of rotatable bonds is 20. The molecule has 11 nitrogen and oxygen atoms in total. The van der Waals surface area contributed by atoms with Gasteiger partial charge in [0, 0.05) is 55.4 Å². The van der Waals surface area contributed by atoms with Gasteiger partial charge < -0.3 is 28.1 Å². The Hall–Kier alpha value is -4.13. The first kappa shape index (κ1) is 54.2. The first-order valence-electron chi connectivity index (χ1n) is 24.5. The van der Waals surface area contributed by atoms with Gasteiger partial charge >= 0.3 is 33.1 Å². The number of hydrogen-bond acceptors (Lipinski definition) is 10. The Morgan fingerprint density at radius 2 is 1.22 bits per heavy atom. The van der Waals surface area contributed by atoms with Gasteiger partial charge in [0.1, 0.15) is 12.2 Å². The summed E-state index contributed by atoms with van der Waals surface area (Å²) in [5.41, 5.74) is -1.83. The van der Waals surface area contributed by atoms with Crippen LogP contribution in [0.25, 0.3) is 0 Å². The fraction of sp³-hybridized carbons (Fsp3) is 0.667. The number of alkyl halides is 6. The van der Waals surface area contributed by atoms with Crippen LogP contribution in [-0.2, 0) is 27.5 Å². The third kappa shape index (κ3) is 12.0. The summed E-state index contributed by atoms with van der Waals surface area (Å²) in [6.07, 6.45) is -3.72. The maximum absolute atomic E-state index is 14.1.